The second-order valence-corrected chi connectivity index (χ2v) is 9.34. The molecule has 3 aliphatic rings. The highest BCUT2D eigenvalue weighted by molar-refractivity contribution is 6.04. The van der Waals surface area contributed by atoms with Crippen molar-refractivity contribution in [3.63, 3.8) is 0 Å². The number of pyridine rings is 1. The molecule has 186 valence electrons. The van der Waals surface area contributed by atoms with E-state index in [4.69, 9.17) is 4.98 Å². The molecule has 8 nitrogen and oxygen atoms in total. The van der Waals surface area contributed by atoms with E-state index in [9.17, 15) is 18.0 Å². The maximum Gasteiger partial charge on any atom is 0.393 e. The number of carbonyl (C=O) groups is 1. The van der Waals surface area contributed by atoms with Crippen molar-refractivity contribution in [3.05, 3.63) is 55.0 Å². The topological polar surface area (TPSA) is 77.5 Å². The summed E-state index contributed by atoms with van der Waals surface area (Å²) in [6.07, 6.45) is 1.27. The molecule has 2 bridgehead atoms. The SMILES string of the molecule is O=C(Nc1cnccn1)N1c2nc(-c3cccc(N4CCC(C(F)(F)F)C4)c3)ccc2N2CC[C@H]1C2. The Morgan fingerprint density at radius 1 is 1.03 bits per heavy atom. The number of rotatable bonds is 3. The summed E-state index contributed by atoms with van der Waals surface area (Å²) in [7, 11) is 0. The number of fused-ring (bicyclic) bond motifs is 4. The first kappa shape index (κ1) is 22.6. The molecule has 1 aromatic carbocycles. The van der Waals surface area contributed by atoms with Gasteiger partial charge in [0.05, 0.1) is 29.5 Å². The van der Waals surface area contributed by atoms with Crippen LogP contribution in [-0.4, -0.2) is 59.4 Å². The van der Waals surface area contributed by atoms with Gasteiger partial charge in [0.1, 0.15) is 0 Å². The van der Waals surface area contributed by atoms with E-state index in [2.05, 4.69) is 20.2 Å². The number of urea groups is 1. The number of halogens is 3. The second kappa shape index (κ2) is 8.65. The van der Waals surface area contributed by atoms with Crippen LogP contribution >= 0.6 is 0 Å². The first-order valence-electron chi connectivity index (χ1n) is 11.9. The van der Waals surface area contributed by atoms with E-state index in [0.717, 1.165) is 36.4 Å². The lowest BCUT2D eigenvalue weighted by atomic mass is 10.1. The molecular weight excluding hydrogens is 471 g/mol. The molecule has 3 aliphatic heterocycles. The van der Waals surface area contributed by atoms with Gasteiger partial charge in [0, 0.05) is 49.8 Å². The molecule has 2 aromatic heterocycles. The minimum absolute atomic E-state index is 0.0212. The Kier molecular flexibility index (Phi) is 5.42. The van der Waals surface area contributed by atoms with Gasteiger partial charge in [0.15, 0.2) is 11.6 Å². The van der Waals surface area contributed by atoms with E-state index in [1.165, 1.54) is 18.6 Å². The normalized spacial score (nSPS) is 21.0. The highest BCUT2D eigenvalue weighted by atomic mass is 19.4. The van der Waals surface area contributed by atoms with Gasteiger partial charge in [-0.25, -0.2) is 14.8 Å². The number of alkyl halides is 3. The van der Waals surface area contributed by atoms with Crippen LogP contribution in [0.1, 0.15) is 12.8 Å². The zero-order valence-corrected chi connectivity index (χ0v) is 19.3. The fraction of sp³-hybridized carbons (Fsp3) is 0.360. The van der Waals surface area contributed by atoms with Gasteiger partial charge < -0.3 is 9.80 Å². The van der Waals surface area contributed by atoms with Crippen LogP contribution in [0, 0.1) is 5.92 Å². The summed E-state index contributed by atoms with van der Waals surface area (Å²) < 4.78 is 39.5. The Bertz CT molecular complexity index is 1290. The van der Waals surface area contributed by atoms with Crippen molar-refractivity contribution in [1.29, 1.82) is 0 Å². The summed E-state index contributed by atoms with van der Waals surface area (Å²) in [5.74, 6) is -0.392. The number of amides is 2. The number of nitrogens with one attached hydrogen (secondary N) is 1. The molecule has 2 atom stereocenters. The summed E-state index contributed by atoms with van der Waals surface area (Å²) >= 11 is 0. The molecule has 2 saturated heterocycles. The molecule has 0 spiro atoms. The Labute approximate surface area is 205 Å². The lowest BCUT2D eigenvalue weighted by molar-refractivity contribution is -0.168. The van der Waals surface area contributed by atoms with Crippen molar-refractivity contribution in [3.8, 4) is 11.3 Å². The molecule has 5 heterocycles. The smallest absolute Gasteiger partial charge is 0.371 e. The molecule has 0 radical (unpaired) electrons. The van der Waals surface area contributed by atoms with Gasteiger partial charge in [-0.15, -0.1) is 0 Å². The van der Waals surface area contributed by atoms with Gasteiger partial charge in [-0.1, -0.05) is 12.1 Å². The van der Waals surface area contributed by atoms with Crippen molar-refractivity contribution in [1.82, 2.24) is 15.0 Å². The third-order valence-electron chi connectivity index (χ3n) is 7.13. The quantitative estimate of drug-likeness (QED) is 0.574. The largest absolute Gasteiger partial charge is 0.393 e. The number of aromatic nitrogens is 3. The average molecular weight is 496 g/mol. The van der Waals surface area contributed by atoms with Gasteiger partial charge in [-0.05, 0) is 37.1 Å². The second-order valence-electron chi connectivity index (χ2n) is 9.34. The molecule has 11 heteroatoms. The molecule has 2 fully saturated rings. The van der Waals surface area contributed by atoms with Crippen LogP contribution < -0.4 is 20.0 Å². The van der Waals surface area contributed by atoms with E-state index < -0.39 is 12.1 Å². The molecular formula is C25H24F3N7O. The fourth-order valence-electron chi connectivity index (χ4n) is 5.29. The van der Waals surface area contributed by atoms with Crippen LogP contribution in [0.4, 0.5) is 41.0 Å². The Morgan fingerprint density at radius 2 is 1.89 bits per heavy atom. The molecule has 1 N–H and O–H groups in total. The molecule has 0 aliphatic carbocycles. The lowest BCUT2D eigenvalue weighted by Gasteiger charge is -2.35. The van der Waals surface area contributed by atoms with Crippen LogP contribution in [0.25, 0.3) is 11.3 Å². The van der Waals surface area contributed by atoms with E-state index in [0.29, 0.717) is 23.9 Å². The summed E-state index contributed by atoms with van der Waals surface area (Å²) in [5, 5.41) is 2.81. The molecule has 1 unspecified atom stereocenters. The van der Waals surface area contributed by atoms with Gasteiger partial charge in [-0.3, -0.25) is 15.2 Å². The number of anilines is 4. The third kappa shape index (κ3) is 4.08. The predicted octanol–water partition coefficient (Wildman–Crippen LogP) is 4.56. The Morgan fingerprint density at radius 3 is 2.67 bits per heavy atom. The molecule has 0 saturated carbocycles. The Balaban J connectivity index is 1.30. The van der Waals surface area contributed by atoms with Crippen LogP contribution in [0.15, 0.2) is 55.0 Å². The zero-order valence-electron chi connectivity index (χ0n) is 19.3. The molecule has 2 amide bonds. The summed E-state index contributed by atoms with van der Waals surface area (Å²) in [6, 6.07) is 10.9. The first-order valence-corrected chi connectivity index (χ1v) is 11.9. The maximum atomic E-state index is 13.3. The minimum atomic E-state index is -4.18. The van der Waals surface area contributed by atoms with Crippen molar-refractivity contribution in [2.75, 3.05) is 46.2 Å². The molecule has 36 heavy (non-hydrogen) atoms. The van der Waals surface area contributed by atoms with Crippen LogP contribution in [0.2, 0.25) is 0 Å². The number of carbonyl (C=O) groups excluding carboxylic acids is 1. The van der Waals surface area contributed by atoms with E-state index in [-0.39, 0.29) is 25.0 Å². The number of nitrogens with zero attached hydrogens (tertiary/aromatic N) is 6. The highest BCUT2D eigenvalue weighted by Crippen LogP contribution is 2.41. The Hall–Kier alpha value is -3.89. The summed E-state index contributed by atoms with van der Waals surface area (Å²) in [5.41, 5.74) is 3.06. The third-order valence-corrected chi connectivity index (χ3v) is 7.13. The van der Waals surface area contributed by atoms with E-state index in [1.807, 2.05) is 36.4 Å². The summed E-state index contributed by atoms with van der Waals surface area (Å²) in [4.78, 5) is 32.0. The van der Waals surface area contributed by atoms with Crippen LogP contribution in [0.5, 0.6) is 0 Å². The van der Waals surface area contributed by atoms with Gasteiger partial charge >= 0.3 is 12.2 Å². The van der Waals surface area contributed by atoms with E-state index >= 15 is 0 Å². The molecule has 6 rings (SSSR count). The van der Waals surface area contributed by atoms with Crippen LogP contribution in [0.3, 0.4) is 0 Å². The van der Waals surface area contributed by atoms with Crippen LogP contribution in [-0.2, 0) is 0 Å². The predicted molar refractivity (Wildman–Crippen MR) is 130 cm³/mol. The standard InChI is InChI=1S/C25H24F3N7O/c26-25(27,28)17-6-10-33(14-17)18-3-1-2-16(12-18)20-4-5-21-23(31-20)35(19-7-11-34(21)15-19)24(36)32-22-13-29-8-9-30-22/h1-5,8-9,12-13,17,19H,6-7,10-11,14-15H2,(H,30,32,36)/t17?,19-/m0/s1. The van der Waals surface area contributed by atoms with Crippen molar-refractivity contribution >= 4 is 29.0 Å². The number of hydrogen-bond acceptors (Lipinski definition) is 6. The van der Waals surface area contributed by atoms with Crippen molar-refractivity contribution in [2.45, 2.75) is 25.1 Å². The van der Waals surface area contributed by atoms with Gasteiger partial charge in [0.2, 0.25) is 0 Å². The van der Waals surface area contributed by atoms with Gasteiger partial charge in [0.25, 0.3) is 0 Å². The monoisotopic (exact) mass is 495 g/mol. The number of hydrogen-bond donors (Lipinski definition) is 1. The summed E-state index contributed by atoms with van der Waals surface area (Å²) in [6.45, 7) is 1.88. The van der Waals surface area contributed by atoms with Gasteiger partial charge in [-0.2, -0.15) is 13.2 Å². The molecule has 3 aromatic rings. The van der Waals surface area contributed by atoms with Crippen molar-refractivity contribution in [2.24, 2.45) is 5.92 Å². The minimum Gasteiger partial charge on any atom is -0.371 e. The maximum absolute atomic E-state index is 13.3. The first-order chi connectivity index (χ1) is 17.4. The van der Waals surface area contributed by atoms with E-state index in [1.54, 1.807) is 9.80 Å². The lowest BCUT2D eigenvalue weighted by Crippen LogP contribution is -2.48. The number of benzene rings is 1. The fourth-order valence-corrected chi connectivity index (χ4v) is 5.29. The highest BCUT2D eigenvalue weighted by Gasteiger charge is 2.44. The van der Waals surface area contributed by atoms with Crippen molar-refractivity contribution < 1.29 is 18.0 Å². The zero-order chi connectivity index (χ0) is 24.9. The average Bonchev–Trinajstić information content (AvgIpc) is 3.53.